The molecule has 186 valence electrons. The molecule has 0 fully saturated rings. The number of aliphatic hydroxyl groups excluding tert-OH is 1. The van der Waals surface area contributed by atoms with Crippen LogP contribution in [0.3, 0.4) is 0 Å². The topological polar surface area (TPSA) is 108 Å². The molecular weight excluding hydrogens is 480 g/mol. The number of nitrogens with zero attached hydrogens (tertiary/aromatic N) is 1. The van der Waals surface area contributed by atoms with E-state index in [0.29, 0.717) is 17.7 Å². The Morgan fingerprint density at radius 3 is 2.50 bits per heavy atom. The SMILES string of the molecule is CC(C)c1nc2c(c(-c3ccc(F)cc3)c1C#CP(=O)(O)C[C@@H](O)CC(=O)O)CCc1ccccc1-2. The fourth-order valence-electron chi connectivity index (χ4n) is 4.56. The Balaban J connectivity index is 1.94. The van der Waals surface area contributed by atoms with Gasteiger partial charge in [-0.15, -0.1) is 0 Å². The molecule has 0 radical (unpaired) electrons. The molecule has 0 spiro atoms. The van der Waals surface area contributed by atoms with Crippen molar-refractivity contribution < 1.29 is 28.9 Å². The molecule has 4 rings (SSSR count). The molecule has 1 aromatic heterocycles. The summed E-state index contributed by atoms with van der Waals surface area (Å²) in [6, 6.07) is 14.1. The summed E-state index contributed by atoms with van der Waals surface area (Å²) in [7, 11) is -4.18. The summed E-state index contributed by atoms with van der Waals surface area (Å²) in [5.41, 5.74) is 8.98. The number of fused-ring (bicyclic) bond motifs is 3. The standard InChI is InChI=1S/C28H27FNO5P/c1-17(2)27-24(13-14-36(34,35)16-21(31)15-25(32)33)26(19-7-10-20(29)11-8-19)23-12-9-18-5-3-4-6-22(18)28(23)30-27/h3-8,10-11,17,21,31H,9,12,15-16H2,1-2H3,(H,32,33)(H,34,35)/t21-/m0/s1. The Morgan fingerprint density at radius 2 is 1.83 bits per heavy atom. The van der Waals surface area contributed by atoms with E-state index in [1.54, 1.807) is 12.1 Å². The number of carboxylic acid groups (broad SMARTS) is 1. The lowest BCUT2D eigenvalue weighted by Gasteiger charge is -2.25. The molecule has 8 heteroatoms. The number of hydrogen-bond acceptors (Lipinski definition) is 4. The zero-order chi connectivity index (χ0) is 26.0. The molecule has 3 aromatic rings. The predicted octanol–water partition coefficient (Wildman–Crippen LogP) is 5.19. The molecule has 1 aliphatic rings. The largest absolute Gasteiger partial charge is 0.481 e. The number of hydrogen-bond donors (Lipinski definition) is 3. The van der Waals surface area contributed by atoms with Crippen LogP contribution in [0.4, 0.5) is 4.39 Å². The number of aliphatic hydroxyl groups is 1. The maximum Gasteiger partial charge on any atom is 0.305 e. The first-order chi connectivity index (χ1) is 17.1. The Morgan fingerprint density at radius 1 is 1.14 bits per heavy atom. The van der Waals surface area contributed by atoms with Gasteiger partial charge in [-0.25, -0.2) is 4.39 Å². The second-order valence-corrected chi connectivity index (χ2v) is 11.3. The van der Waals surface area contributed by atoms with Crippen molar-refractivity contribution in [1.29, 1.82) is 0 Å². The summed E-state index contributed by atoms with van der Waals surface area (Å²) in [6.45, 7) is 3.91. The van der Waals surface area contributed by atoms with Gasteiger partial charge in [-0.05, 0) is 53.2 Å². The number of carbonyl (C=O) groups is 1. The lowest BCUT2D eigenvalue weighted by atomic mass is 9.81. The zero-order valence-electron chi connectivity index (χ0n) is 20.0. The molecule has 2 aromatic carbocycles. The maximum absolute atomic E-state index is 13.8. The van der Waals surface area contributed by atoms with Gasteiger partial charge < -0.3 is 15.1 Å². The number of pyridine rings is 1. The van der Waals surface area contributed by atoms with Crippen LogP contribution in [0.2, 0.25) is 0 Å². The number of aromatic nitrogens is 1. The van der Waals surface area contributed by atoms with Crippen molar-refractivity contribution in [2.45, 2.75) is 45.1 Å². The van der Waals surface area contributed by atoms with E-state index in [-0.39, 0.29) is 11.7 Å². The number of carboxylic acids is 1. The third-order valence-corrected chi connectivity index (χ3v) is 7.52. The molecule has 6 nitrogen and oxygen atoms in total. The lowest BCUT2D eigenvalue weighted by molar-refractivity contribution is -0.138. The normalized spacial score (nSPS) is 14.7. The van der Waals surface area contributed by atoms with Crippen LogP contribution in [-0.4, -0.2) is 38.3 Å². The molecule has 1 heterocycles. The Kier molecular flexibility index (Phi) is 7.42. The van der Waals surface area contributed by atoms with Crippen molar-refractivity contribution in [3.63, 3.8) is 0 Å². The smallest absolute Gasteiger partial charge is 0.305 e. The number of rotatable bonds is 6. The fourth-order valence-corrected chi connectivity index (χ4v) is 5.63. The number of benzene rings is 2. The summed E-state index contributed by atoms with van der Waals surface area (Å²) in [5, 5.41) is 18.7. The van der Waals surface area contributed by atoms with Gasteiger partial charge in [-0.2, -0.15) is 0 Å². The van der Waals surface area contributed by atoms with Crippen LogP contribution >= 0.6 is 7.37 Å². The van der Waals surface area contributed by atoms with Gasteiger partial charge in [0.2, 0.25) is 0 Å². The summed E-state index contributed by atoms with van der Waals surface area (Å²) in [6.07, 6.45) is -1.34. The second kappa shape index (κ2) is 10.4. The van der Waals surface area contributed by atoms with Gasteiger partial charge >= 0.3 is 5.97 Å². The molecule has 0 saturated heterocycles. The van der Waals surface area contributed by atoms with Gasteiger partial charge in [-0.3, -0.25) is 14.3 Å². The van der Waals surface area contributed by atoms with E-state index in [0.717, 1.165) is 34.4 Å². The van der Waals surface area contributed by atoms with Crippen molar-refractivity contribution in [1.82, 2.24) is 4.98 Å². The van der Waals surface area contributed by atoms with Crippen molar-refractivity contribution in [2.75, 3.05) is 6.16 Å². The minimum absolute atomic E-state index is 0.0800. The molecule has 0 amide bonds. The highest BCUT2D eigenvalue weighted by molar-refractivity contribution is 7.63. The highest BCUT2D eigenvalue weighted by Gasteiger charge is 2.27. The average Bonchev–Trinajstić information content (AvgIpc) is 2.81. The van der Waals surface area contributed by atoms with Gasteiger partial charge in [0.1, 0.15) is 5.82 Å². The Hall–Kier alpha value is -3.30. The summed E-state index contributed by atoms with van der Waals surface area (Å²) >= 11 is 0. The predicted molar refractivity (Wildman–Crippen MR) is 136 cm³/mol. The monoisotopic (exact) mass is 507 g/mol. The van der Waals surface area contributed by atoms with Crippen LogP contribution < -0.4 is 0 Å². The van der Waals surface area contributed by atoms with Crippen LogP contribution in [0.1, 0.15) is 48.6 Å². The van der Waals surface area contributed by atoms with Crippen LogP contribution in [-0.2, 0) is 22.2 Å². The van der Waals surface area contributed by atoms with Crippen LogP contribution in [0.15, 0.2) is 48.5 Å². The zero-order valence-corrected chi connectivity index (χ0v) is 20.9. The first kappa shape index (κ1) is 25.8. The maximum atomic E-state index is 13.8. The molecule has 3 N–H and O–H groups in total. The van der Waals surface area contributed by atoms with Gasteiger partial charge in [0.25, 0.3) is 7.37 Å². The van der Waals surface area contributed by atoms with E-state index < -0.39 is 32.0 Å². The summed E-state index contributed by atoms with van der Waals surface area (Å²) in [5.74, 6) is 1.14. The van der Waals surface area contributed by atoms with Crippen molar-refractivity contribution in [3.8, 4) is 34.0 Å². The molecule has 0 aliphatic heterocycles. The molecule has 1 aliphatic carbocycles. The van der Waals surface area contributed by atoms with Crippen molar-refractivity contribution in [2.24, 2.45) is 0 Å². The first-order valence-electron chi connectivity index (χ1n) is 11.7. The number of aryl methyl sites for hydroxylation is 1. The van der Waals surface area contributed by atoms with Crippen LogP contribution in [0.5, 0.6) is 0 Å². The highest BCUT2D eigenvalue weighted by atomic mass is 31.2. The molecule has 0 saturated carbocycles. The quantitative estimate of drug-likeness (QED) is 0.313. The van der Waals surface area contributed by atoms with E-state index in [9.17, 15) is 23.7 Å². The van der Waals surface area contributed by atoms with Crippen molar-refractivity contribution >= 4 is 13.3 Å². The van der Waals surface area contributed by atoms with Gasteiger partial charge in [0, 0.05) is 11.1 Å². The molecule has 0 bridgehead atoms. The lowest BCUT2D eigenvalue weighted by Crippen LogP contribution is -2.17. The average molecular weight is 507 g/mol. The highest BCUT2D eigenvalue weighted by Crippen LogP contribution is 2.43. The van der Waals surface area contributed by atoms with Gasteiger partial charge in [-0.1, -0.05) is 56.2 Å². The summed E-state index contributed by atoms with van der Waals surface area (Å²) < 4.78 is 26.6. The molecule has 1 unspecified atom stereocenters. The van der Waals surface area contributed by atoms with E-state index >= 15 is 0 Å². The number of halogens is 1. The third kappa shape index (κ3) is 5.57. The van der Waals surface area contributed by atoms with Crippen molar-refractivity contribution in [3.05, 3.63) is 76.7 Å². The Bertz CT molecular complexity index is 1420. The van der Waals surface area contributed by atoms with E-state index in [1.807, 2.05) is 32.0 Å². The van der Waals surface area contributed by atoms with E-state index in [2.05, 4.69) is 17.6 Å². The minimum Gasteiger partial charge on any atom is -0.481 e. The summed E-state index contributed by atoms with van der Waals surface area (Å²) in [4.78, 5) is 26.2. The van der Waals surface area contributed by atoms with E-state index in [1.165, 1.54) is 17.7 Å². The minimum atomic E-state index is -4.18. The fraction of sp³-hybridized carbons (Fsp3) is 0.286. The molecule has 2 atom stereocenters. The van der Waals surface area contributed by atoms with Crippen LogP contribution in [0.25, 0.3) is 22.4 Å². The second-order valence-electron chi connectivity index (χ2n) is 9.27. The Labute approximate surface area is 209 Å². The number of aliphatic carboxylic acids is 1. The van der Waals surface area contributed by atoms with E-state index in [4.69, 9.17) is 10.1 Å². The third-order valence-electron chi connectivity index (χ3n) is 6.15. The molecule has 36 heavy (non-hydrogen) atoms. The van der Waals surface area contributed by atoms with Crippen LogP contribution in [0, 0.1) is 17.4 Å². The van der Waals surface area contributed by atoms with Gasteiger partial charge in [0.05, 0.1) is 35.6 Å². The molecular formula is C28H27FNO5P. The van der Waals surface area contributed by atoms with Gasteiger partial charge in [0.15, 0.2) is 0 Å². The first-order valence-corrected chi connectivity index (χ1v) is 13.6.